The quantitative estimate of drug-likeness (QED) is 0.198. The van der Waals surface area contributed by atoms with Gasteiger partial charge in [0.15, 0.2) is 0 Å². The van der Waals surface area contributed by atoms with Crippen LogP contribution in [0.1, 0.15) is 111 Å². The molecule has 0 bridgehead atoms. The first kappa shape index (κ1) is 26.8. The smallest absolute Gasteiger partial charge is 0.307 e. The lowest BCUT2D eigenvalue weighted by Crippen LogP contribution is -2.28. The third-order valence-corrected chi connectivity index (χ3v) is 5.53. The van der Waals surface area contributed by atoms with E-state index in [1.807, 2.05) is 6.92 Å². The first-order valence-electron chi connectivity index (χ1n) is 11.5. The van der Waals surface area contributed by atoms with Crippen LogP contribution >= 0.6 is 0 Å². The summed E-state index contributed by atoms with van der Waals surface area (Å²) in [5, 5.41) is 19.4. The maximum Gasteiger partial charge on any atom is 0.307 e. The number of aliphatic carboxylic acids is 1. The molecule has 2 N–H and O–H groups in total. The van der Waals surface area contributed by atoms with Gasteiger partial charge in [0.25, 0.3) is 0 Å². The lowest BCUT2D eigenvalue weighted by Gasteiger charge is -2.21. The molecule has 0 fully saturated rings. The van der Waals surface area contributed by atoms with Crippen molar-refractivity contribution in [3.05, 3.63) is 12.2 Å². The molecule has 0 rings (SSSR count). The number of carboxylic acids is 1. The van der Waals surface area contributed by atoms with Crippen molar-refractivity contribution >= 4 is 11.8 Å². The molecule has 3 atom stereocenters. The largest absolute Gasteiger partial charge is 0.481 e. The van der Waals surface area contributed by atoms with Gasteiger partial charge in [0.05, 0.1) is 12.0 Å². The Balaban J connectivity index is 3.86. The van der Waals surface area contributed by atoms with Crippen LogP contribution in [-0.4, -0.2) is 28.1 Å². The third-order valence-electron chi connectivity index (χ3n) is 5.53. The van der Waals surface area contributed by atoms with Crippen molar-refractivity contribution in [3.63, 3.8) is 0 Å². The van der Waals surface area contributed by atoms with Gasteiger partial charge in [-0.25, -0.2) is 0 Å². The van der Waals surface area contributed by atoms with Gasteiger partial charge in [-0.15, -0.1) is 0 Å². The minimum absolute atomic E-state index is 0.00642. The summed E-state index contributed by atoms with van der Waals surface area (Å²) in [4.78, 5) is 23.3. The maximum absolute atomic E-state index is 11.8. The number of hydrogen-bond acceptors (Lipinski definition) is 3. The average molecular weight is 397 g/mol. The van der Waals surface area contributed by atoms with Crippen LogP contribution in [0.2, 0.25) is 0 Å². The van der Waals surface area contributed by atoms with E-state index >= 15 is 0 Å². The van der Waals surface area contributed by atoms with E-state index in [1.165, 1.54) is 26.2 Å². The number of hydrogen-bond donors (Lipinski definition) is 2. The zero-order valence-electron chi connectivity index (χ0n) is 18.5. The fourth-order valence-corrected chi connectivity index (χ4v) is 3.77. The molecule has 0 radical (unpaired) electrons. The highest BCUT2D eigenvalue weighted by Gasteiger charge is 2.30. The number of carbonyl (C=O) groups is 2. The number of carboxylic acid groups (broad SMARTS) is 1. The van der Waals surface area contributed by atoms with E-state index in [9.17, 15) is 19.8 Å². The Morgan fingerprint density at radius 3 is 2.04 bits per heavy atom. The SMILES string of the molecule is CCCCCC[C@@H](O)C/C=C\CCCCCCC(C(=O)O)C(CCC)C(C)=O. The summed E-state index contributed by atoms with van der Waals surface area (Å²) in [6, 6.07) is 0. The Bertz CT molecular complexity index is 430. The monoisotopic (exact) mass is 396 g/mol. The van der Waals surface area contributed by atoms with Crippen molar-refractivity contribution in [3.8, 4) is 0 Å². The Morgan fingerprint density at radius 1 is 0.786 bits per heavy atom. The van der Waals surface area contributed by atoms with Crippen molar-refractivity contribution in [1.29, 1.82) is 0 Å². The standard InChI is InChI=1S/C24H44O4/c1-4-6-7-13-17-21(26)18-14-11-9-8-10-12-15-19-23(24(27)28)22(16-5-2)20(3)25/h11,14,21-23,26H,4-10,12-13,15-19H2,1-3H3,(H,27,28)/b14-11-/t21-,22?,23?/m1/s1. The highest BCUT2D eigenvalue weighted by Crippen LogP contribution is 2.25. The zero-order valence-corrected chi connectivity index (χ0v) is 18.5. The molecule has 0 saturated heterocycles. The predicted octanol–water partition coefficient (Wildman–Crippen LogP) is 6.31. The Morgan fingerprint density at radius 2 is 1.43 bits per heavy atom. The van der Waals surface area contributed by atoms with Crippen molar-refractivity contribution in [1.82, 2.24) is 0 Å². The van der Waals surface area contributed by atoms with Gasteiger partial charge in [-0.2, -0.15) is 0 Å². The summed E-state index contributed by atoms with van der Waals surface area (Å²) < 4.78 is 0. The molecule has 28 heavy (non-hydrogen) atoms. The normalized spacial score (nSPS) is 14.9. The van der Waals surface area contributed by atoms with Crippen LogP contribution in [0, 0.1) is 11.8 Å². The zero-order chi connectivity index (χ0) is 21.2. The molecular weight excluding hydrogens is 352 g/mol. The predicted molar refractivity (Wildman–Crippen MR) is 116 cm³/mol. The lowest BCUT2D eigenvalue weighted by molar-refractivity contribution is -0.147. The number of carbonyl (C=O) groups excluding carboxylic acids is 1. The van der Waals surface area contributed by atoms with E-state index in [0.29, 0.717) is 12.8 Å². The van der Waals surface area contributed by atoms with Crippen LogP contribution in [0.4, 0.5) is 0 Å². The molecule has 0 aromatic rings. The molecule has 0 heterocycles. The third kappa shape index (κ3) is 13.9. The summed E-state index contributed by atoms with van der Waals surface area (Å²) in [6.07, 6.45) is 17.6. The Kier molecular flexibility index (Phi) is 17.2. The van der Waals surface area contributed by atoms with E-state index in [-0.39, 0.29) is 17.8 Å². The molecule has 0 aromatic carbocycles. The highest BCUT2D eigenvalue weighted by atomic mass is 16.4. The molecule has 0 aliphatic heterocycles. The summed E-state index contributed by atoms with van der Waals surface area (Å²) in [5.74, 6) is -1.69. The second-order valence-corrected chi connectivity index (χ2v) is 8.15. The molecule has 0 aliphatic carbocycles. The van der Waals surface area contributed by atoms with E-state index in [4.69, 9.17) is 0 Å². The van der Waals surface area contributed by atoms with Crippen LogP contribution in [0.5, 0.6) is 0 Å². The fraction of sp³-hybridized carbons (Fsp3) is 0.833. The van der Waals surface area contributed by atoms with Crippen molar-refractivity contribution in [2.45, 2.75) is 117 Å². The van der Waals surface area contributed by atoms with Gasteiger partial charge in [-0.1, -0.05) is 77.4 Å². The van der Waals surface area contributed by atoms with Crippen LogP contribution in [-0.2, 0) is 9.59 Å². The minimum atomic E-state index is -0.829. The summed E-state index contributed by atoms with van der Waals surface area (Å²) in [5.41, 5.74) is 0. The lowest BCUT2D eigenvalue weighted by atomic mass is 9.82. The molecule has 2 unspecified atom stereocenters. The number of Topliss-reactive ketones (excluding diaryl/α,β-unsaturated/α-hetero) is 1. The van der Waals surface area contributed by atoms with Crippen LogP contribution in [0.3, 0.4) is 0 Å². The number of allylic oxidation sites excluding steroid dienone is 1. The van der Waals surface area contributed by atoms with Gasteiger partial charge in [0.2, 0.25) is 0 Å². The fourth-order valence-electron chi connectivity index (χ4n) is 3.77. The summed E-state index contributed by atoms with van der Waals surface area (Å²) >= 11 is 0. The van der Waals surface area contributed by atoms with Gasteiger partial charge in [0, 0.05) is 5.92 Å². The number of aliphatic hydroxyl groups is 1. The number of unbranched alkanes of at least 4 members (excludes halogenated alkanes) is 7. The van der Waals surface area contributed by atoms with Crippen molar-refractivity contribution in [2.75, 3.05) is 0 Å². The van der Waals surface area contributed by atoms with Gasteiger partial charge in [-0.05, 0) is 45.4 Å². The first-order valence-corrected chi connectivity index (χ1v) is 11.5. The summed E-state index contributed by atoms with van der Waals surface area (Å²) in [7, 11) is 0. The van der Waals surface area contributed by atoms with Crippen LogP contribution in [0.15, 0.2) is 12.2 Å². The molecule has 4 heteroatoms. The molecule has 0 aliphatic rings. The topological polar surface area (TPSA) is 74.6 Å². The first-order chi connectivity index (χ1) is 13.4. The van der Waals surface area contributed by atoms with Gasteiger partial charge < -0.3 is 10.2 Å². The Labute approximate surface area is 172 Å². The van der Waals surface area contributed by atoms with E-state index in [0.717, 1.165) is 57.8 Å². The molecule has 164 valence electrons. The number of ketones is 1. The number of rotatable bonds is 19. The Hall–Kier alpha value is -1.16. The molecule has 0 saturated carbocycles. The van der Waals surface area contributed by atoms with Crippen LogP contribution in [0.25, 0.3) is 0 Å². The van der Waals surface area contributed by atoms with Gasteiger partial charge >= 0.3 is 5.97 Å². The van der Waals surface area contributed by atoms with Crippen molar-refractivity contribution < 1.29 is 19.8 Å². The molecule has 4 nitrogen and oxygen atoms in total. The molecule has 0 amide bonds. The highest BCUT2D eigenvalue weighted by molar-refractivity contribution is 5.84. The van der Waals surface area contributed by atoms with E-state index < -0.39 is 11.9 Å². The van der Waals surface area contributed by atoms with Crippen LogP contribution < -0.4 is 0 Å². The van der Waals surface area contributed by atoms with E-state index in [1.54, 1.807) is 0 Å². The number of aliphatic hydroxyl groups excluding tert-OH is 1. The van der Waals surface area contributed by atoms with Gasteiger partial charge in [0.1, 0.15) is 5.78 Å². The average Bonchev–Trinajstić information content (AvgIpc) is 2.65. The molecule has 0 spiro atoms. The maximum atomic E-state index is 11.8. The van der Waals surface area contributed by atoms with E-state index in [2.05, 4.69) is 19.1 Å². The van der Waals surface area contributed by atoms with Gasteiger partial charge in [-0.3, -0.25) is 9.59 Å². The second-order valence-electron chi connectivity index (χ2n) is 8.15. The molecular formula is C24H44O4. The molecule has 0 aromatic heterocycles. The minimum Gasteiger partial charge on any atom is -0.481 e. The van der Waals surface area contributed by atoms with Crippen molar-refractivity contribution in [2.24, 2.45) is 11.8 Å². The second kappa shape index (κ2) is 17.9. The summed E-state index contributed by atoms with van der Waals surface area (Å²) in [6.45, 7) is 5.71.